The highest BCUT2D eigenvalue weighted by atomic mass is 19.4. The normalized spacial score (nSPS) is 12.8. The Bertz CT molecular complexity index is 666. The van der Waals surface area contributed by atoms with Crippen LogP contribution in [0.1, 0.15) is 32.2 Å². The Morgan fingerprint density at radius 3 is 2.29 bits per heavy atom. The average Bonchev–Trinajstić information content (AvgIpc) is 2.70. The van der Waals surface area contributed by atoms with E-state index < -0.39 is 12.0 Å². The molecule has 0 saturated heterocycles. The van der Waals surface area contributed by atoms with Crippen LogP contribution in [-0.2, 0) is 25.7 Å². The molecule has 21 heavy (non-hydrogen) atoms. The Morgan fingerprint density at radius 1 is 1.19 bits per heavy atom. The van der Waals surface area contributed by atoms with Gasteiger partial charge in [-0.3, -0.25) is 0 Å². The van der Waals surface area contributed by atoms with E-state index in [1.165, 1.54) is 7.05 Å². The second kappa shape index (κ2) is 4.82. The molecule has 0 N–H and O–H groups in total. The van der Waals surface area contributed by atoms with Gasteiger partial charge in [-0.05, 0) is 11.0 Å². The first kappa shape index (κ1) is 15.5. The van der Waals surface area contributed by atoms with Crippen molar-refractivity contribution >= 4 is 0 Å². The molecule has 0 spiro atoms. The summed E-state index contributed by atoms with van der Waals surface area (Å²) in [6.45, 7) is 6.14. The van der Waals surface area contributed by atoms with Crippen LogP contribution in [0.2, 0.25) is 0 Å². The fraction of sp³-hybridized carbons (Fsp3) is 0.500. The van der Waals surface area contributed by atoms with Crippen LogP contribution in [0.25, 0.3) is 11.5 Å². The van der Waals surface area contributed by atoms with Crippen molar-refractivity contribution in [2.45, 2.75) is 32.4 Å². The molecule has 0 aliphatic heterocycles. The van der Waals surface area contributed by atoms with Crippen molar-refractivity contribution in [3.05, 3.63) is 29.7 Å². The van der Waals surface area contributed by atoms with Gasteiger partial charge in [-0.15, -0.1) is 5.10 Å². The average molecular weight is 299 g/mol. The third-order valence-corrected chi connectivity index (χ3v) is 3.26. The lowest BCUT2D eigenvalue weighted by molar-refractivity contribution is -0.660. The van der Waals surface area contributed by atoms with E-state index >= 15 is 0 Å². The summed E-state index contributed by atoms with van der Waals surface area (Å²) in [6, 6.07) is 3.80. The lowest BCUT2D eigenvalue weighted by Gasteiger charge is -2.18. The van der Waals surface area contributed by atoms with Crippen LogP contribution in [0, 0.1) is 0 Å². The summed E-state index contributed by atoms with van der Waals surface area (Å²) in [5, 5.41) is 3.46. The van der Waals surface area contributed by atoms with Crippen molar-refractivity contribution in [3.63, 3.8) is 0 Å². The molecular formula is C14H18F3N4+. The van der Waals surface area contributed by atoms with Gasteiger partial charge in [0.1, 0.15) is 7.05 Å². The molecule has 0 atom stereocenters. The first-order chi connectivity index (χ1) is 9.50. The zero-order valence-corrected chi connectivity index (χ0v) is 12.7. The van der Waals surface area contributed by atoms with Gasteiger partial charge in [0.25, 0.3) is 5.82 Å². The molecule has 0 bridgehead atoms. The number of alkyl halides is 3. The summed E-state index contributed by atoms with van der Waals surface area (Å²) in [7, 11) is 3.23. The van der Waals surface area contributed by atoms with E-state index in [-0.39, 0.29) is 11.2 Å². The van der Waals surface area contributed by atoms with Crippen LogP contribution < -0.4 is 4.57 Å². The molecule has 0 radical (unpaired) electrons. The number of rotatable bonds is 1. The van der Waals surface area contributed by atoms with Crippen molar-refractivity contribution in [1.29, 1.82) is 0 Å². The first-order valence-corrected chi connectivity index (χ1v) is 6.49. The highest BCUT2D eigenvalue weighted by Crippen LogP contribution is 2.29. The monoisotopic (exact) mass is 299 g/mol. The molecule has 2 aromatic heterocycles. The van der Waals surface area contributed by atoms with Gasteiger partial charge in [-0.1, -0.05) is 20.8 Å². The maximum Gasteiger partial charge on any atom is 0.453 e. The Morgan fingerprint density at radius 2 is 1.81 bits per heavy atom. The van der Waals surface area contributed by atoms with Gasteiger partial charge in [-0.2, -0.15) is 22.7 Å². The number of halogens is 3. The van der Waals surface area contributed by atoms with E-state index in [0.29, 0.717) is 5.69 Å². The number of hydrogen-bond acceptors (Lipinski definition) is 2. The van der Waals surface area contributed by atoms with E-state index in [1.54, 1.807) is 11.6 Å². The predicted molar refractivity (Wildman–Crippen MR) is 71.3 cm³/mol. The van der Waals surface area contributed by atoms with Crippen LogP contribution in [-0.4, -0.2) is 14.8 Å². The van der Waals surface area contributed by atoms with Crippen molar-refractivity contribution in [2.24, 2.45) is 14.1 Å². The van der Waals surface area contributed by atoms with Crippen LogP contribution in [0.3, 0.4) is 0 Å². The predicted octanol–water partition coefficient (Wildman–Crippen LogP) is 2.62. The fourth-order valence-electron chi connectivity index (χ4n) is 1.99. The Balaban J connectivity index is 2.59. The van der Waals surface area contributed by atoms with Gasteiger partial charge >= 0.3 is 6.18 Å². The summed E-state index contributed by atoms with van der Waals surface area (Å²) in [4.78, 5) is 3.64. The maximum absolute atomic E-state index is 12.7. The van der Waals surface area contributed by atoms with Crippen LogP contribution >= 0.6 is 0 Å². The number of pyridine rings is 1. The summed E-state index contributed by atoms with van der Waals surface area (Å²) >= 11 is 0. The number of hydrogen-bond donors (Lipinski definition) is 0. The first-order valence-electron chi connectivity index (χ1n) is 6.49. The molecule has 2 heterocycles. The molecule has 0 unspecified atom stereocenters. The van der Waals surface area contributed by atoms with E-state index in [4.69, 9.17) is 0 Å². The van der Waals surface area contributed by atoms with Gasteiger partial charge in [0.05, 0.1) is 0 Å². The molecule has 4 nitrogen and oxygen atoms in total. The Labute approximate surface area is 121 Å². The van der Waals surface area contributed by atoms with E-state index in [1.807, 2.05) is 39.1 Å². The molecule has 0 amide bonds. The maximum atomic E-state index is 12.7. The highest BCUT2D eigenvalue weighted by molar-refractivity contribution is 5.47. The molecule has 2 aromatic rings. The fourth-order valence-corrected chi connectivity index (χ4v) is 1.99. The third-order valence-electron chi connectivity index (χ3n) is 3.26. The highest BCUT2D eigenvalue weighted by Gasteiger charge is 2.38. The lowest BCUT2D eigenvalue weighted by Crippen LogP contribution is -2.32. The second-order valence-corrected chi connectivity index (χ2v) is 6.04. The largest absolute Gasteiger partial charge is 0.453 e. The minimum absolute atomic E-state index is 0.103. The second-order valence-electron chi connectivity index (χ2n) is 6.04. The van der Waals surface area contributed by atoms with Crippen molar-refractivity contribution in [2.75, 3.05) is 0 Å². The molecule has 0 saturated carbocycles. The summed E-state index contributed by atoms with van der Waals surface area (Å²) in [5.74, 6) is -0.933. The van der Waals surface area contributed by atoms with Crippen molar-refractivity contribution < 1.29 is 17.7 Å². The quantitative estimate of drug-likeness (QED) is 0.759. The Kier molecular flexibility index (Phi) is 3.55. The smallest absolute Gasteiger partial charge is 0.243 e. The van der Waals surface area contributed by atoms with E-state index in [0.717, 1.165) is 10.2 Å². The zero-order chi connectivity index (χ0) is 16.0. The molecular weight excluding hydrogens is 281 g/mol. The van der Waals surface area contributed by atoms with Gasteiger partial charge in [0, 0.05) is 19.2 Å². The molecule has 114 valence electrons. The number of aryl methyl sites for hydroxylation is 2. The van der Waals surface area contributed by atoms with E-state index in [9.17, 15) is 13.2 Å². The SMILES string of the molecule is Cn1nc(C(F)(F)F)nc1-c1cc(C(C)(C)C)cc[n+]1C. The van der Waals surface area contributed by atoms with Crippen LogP contribution in [0.4, 0.5) is 13.2 Å². The molecule has 0 aromatic carbocycles. The van der Waals surface area contributed by atoms with Gasteiger partial charge in [-0.25, -0.2) is 4.68 Å². The topological polar surface area (TPSA) is 34.6 Å². The van der Waals surface area contributed by atoms with Crippen molar-refractivity contribution in [3.8, 4) is 11.5 Å². The summed E-state index contributed by atoms with van der Waals surface area (Å²) in [6.07, 6.45) is -2.73. The van der Waals surface area contributed by atoms with Crippen molar-refractivity contribution in [1.82, 2.24) is 14.8 Å². The van der Waals surface area contributed by atoms with Crippen LogP contribution in [0.15, 0.2) is 18.3 Å². The standard InChI is InChI=1S/C14H18F3N4/c1-13(2,3)9-6-7-20(4)10(8-9)11-18-12(14(15,16)17)19-21(11)5/h6-8H,1-5H3/q+1. The molecule has 0 aliphatic rings. The molecule has 0 aliphatic carbocycles. The van der Waals surface area contributed by atoms with E-state index in [2.05, 4.69) is 10.1 Å². The number of aromatic nitrogens is 4. The molecule has 0 fully saturated rings. The van der Waals surface area contributed by atoms with Gasteiger partial charge in [0.15, 0.2) is 6.20 Å². The Hall–Kier alpha value is -1.92. The summed E-state index contributed by atoms with van der Waals surface area (Å²) < 4.78 is 41.1. The zero-order valence-electron chi connectivity index (χ0n) is 12.7. The lowest BCUT2D eigenvalue weighted by atomic mass is 9.87. The minimum atomic E-state index is -4.55. The third kappa shape index (κ3) is 3.06. The van der Waals surface area contributed by atoms with Gasteiger partial charge < -0.3 is 0 Å². The van der Waals surface area contributed by atoms with Crippen LogP contribution in [0.5, 0.6) is 0 Å². The minimum Gasteiger partial charge on any atom is -0.243 e. The molecule has 2 rings (SSSR count). The molecule has 7 heteroatoms. The van der Waals surface area contributed by atoms with Gasteiger partial charge in [0.2, 0.25) is 11.5 Å². The summed E-state index contributed by atoms with van der Waals surface area (Å²) in [5.41, 5.74) is 1.51. The number of nitrogens with zero attached hydrogens (tertiary/aromatic N) is 4.